The molecule has 1 atom stereocenters. The van der Waals surface area contributed by atoms with Crippen LogP contribution in [0.5, 0.6) is 5.75 Å². The average Bonchev–Trinajstić information content (AvgIpc) is 2.23. The molecule has 0 radical (unpaired) electrons. The summed E-state index contributed by atoms with van der Waals surface area (Å²) in [5.41, 5.74) is 0.712. The van der Waals surface area contributed by atoms with E-state index in [9.17, 15) is 9.18 Å². The second-order valence-corrected chi connectivity index (χ2v) is 3.44. The number of rotatable bonds is 1. The van der Waals surface area contributed by atoms with E-state index in [0.717, 1.165) is 0 Å². The summed E-state index contributed by atoms with van der Waals surface area (Å²) in [6, 6.07) is 2.42. The second kappa shape index (κ2) is 3.46. The standard InChI is InChI=1S/C11H10FNO2/c1-6-5-13-10-8(11(6)14)3-7(12)4-9(10)15-2/h3-6H,1-2H3. The Morgan fingerprint density at radius 2 is 2.20 bits per heavy atom. The molecule has 0 saturated carbocycles. The van der Waals surface area contributed by atoms with Crippen molar-refractivity contribution in [2.45, 2.75) is 6.92 Å². The van der Waals surface area contributed by atoms with Gasteiger partial charge < -0.3 is 4.74 Å². The molecular weight excluding hydrogens is 197 g/mol. The first-order chi connectivity index (χ1) is 7.13. The number of aliphatic imine (C=N–C) groups is 1. The maximum absolute atomic E-state index is 13.2. The minimum Gasteiger partial charge on any atom is -0.494 e. The van der Waals surface area contributed by atoms with E-state index in [1.54, 1.807) is 13.1 Å². The molecular formula is C11H10FNO2. The van der Waals surface area contributed by atoms with Gasteiger partial charge in [0.05, 0.1) is 18.6 Å². The molecule has 0 saturated heterocycles. The van der Waals surface area contributed by atoms with Crippen molar-refractivity contribution in [2.75, 3.05) is 7.11 Å². The Bertz CT molecular complexity index is 454. The van der Waals surface area contributed by atoms with Crippen molar-refractivity contribution in [3.63, 3.8) is 0 Å². The van der Waals surface area contributed by atoms with Gasteiger partial charge in [-0.2, -0.15) is 0 Å². The molecule has 0 bridgehead atoms. The summed E-state index contributed by atoms with van der Waals surface area (Å²) in [5.74, 6) is -0.619. The molecule has 1 heterocycles. The predicted octanol–water partition coefficient (Wildman–Crippen LogP) is 2.37. The highest BCUT2D eigenvalue weighted by molar-refractivity contribution is 6.12. The van der Waals surface area contributed by atoms with E-state index in [0.29, 0.717) is 17.0 Å². The van der Waals surface area contributed by atoms with Crippen LogP contribution in [0.2, 0.25) is 0 Å². The summed E-state index contributed by atoms with van der Waals surface area (Å²) in [6.07, 6.45) is 1.55. The molecule has 0 spiro atoms. The Labute approximate surface area is 86.6 Å². The topological polar surface area (TPSA) is 38.7 Å². The fourth-order valence-corrected chi connectivity index (χ4v) is 1.55. The number of fused-ring (bicyclic) bond motifs is 1. The molecule has 0 fully saturated rings. The Morgan fingerprint density at radius 1 is 1.47 bits per heavy atom. The Morgan fingerprint density at radius 3 is 2.87 bits per heavy atom. The van der Waals surface area contributed by atoms with Gasteiger partial charge >= 0.3 is 0 Å². The van der Waals surface area contributed by atoms with E-state index in [-0.39, 0.29) is 11.7 Å². The van der Waals surface area contributed by atoms with Crippen LogP contribution in [-0.2, 0) is 0 Å². The van der Waals surface area contributed by atoms with Crippen molar-refractivity contribution >= 4 is 17.7 Å². The third-order valence-electron chi connectivity index (χ3n) is 2.37. The summed E-state index contributed by atoms with van der Waals surface area (Å²) in [4.78, 5) is 15.8. The van der Waals surface area contributed by atoms with Crippen molar-refractivity contribution in [1.29, 1.82) is 0 Å². The van der Waals surface area contributed by atoms with Gasteiger partial charge in [0.1, 0.15) is 17.3 Å². The van der Waals surface area contributed by atoms with E-state index in [4.69, 9.17) is 4.74 Å². The lowest BCUT2D eigenvalue weighted by molar-refractivity contribution is 0.0961. The zero-order valence-corrected chi connectivity index (χ0v) is 8.45. The number of hydrogen-bond acceptors (Lipinski definition) is 3. The quantitative estimate of drug-likeness (QED) is 0.709. The number of hydrogen-bond donors (Lipinski definition) is 0. The molecule has 0 aliphatic carbocycles. The van der Waals surface area contributed by atoms with E-state index in [1.165, 1.54) is 19.2 Å². The van der Waals surface area contributed by atoms with Gasteiger partial charge in [0.25, 0.3) is 0 Å². The fraction of sp³-hybridized carbons (Fsp3) is 0.273. The summed E-state index contributed by atoms with van der Waals surface area (Å²) < 4.78 is 18.1. The van der Waals surface area contributed by atoms with Crippen LogP contribution in [0, 0.1) is 11.7 Å². The molecule has 1 unspecified atom stereocenters. The van der Waals surface area contributed by atoms with Crippen molar-refractivity contribution < 1.29 is 13.9 Å². The predicted molar refractivity (Wildman–Crippen MR) is 54.6 cm³/mol. The van der Waals surface area contributed by atoms with Crippen LogP contribution >= 0.6 is 0 Å². The minimum atomic E-state index is -0.483. The molecule has 4 heteroatoms. The van der Waals surface area contributed by atoms with E-state index in [2.05, 4.69) is 4.99 Å². The minimum absolute atomic E-state index is 0.127. The van der Waals surface area contributed by atoms with Crippen molar-refractivity contribution in [3.8, 4) is 5.75 Å². The van der Waals surface area contributed by atoms with Crippen LogP contribution in [0.15, 0.2) is 17.1 Å². The largest absolute Gasteiger partial charge is 0.494 e. The molecule has 3 nitrogen and oxygen atoms in total. The number of carbonyl (C=O) groups excluding carboxylic acids is 1. The number of benzene rings is 1. The smallest absolute Gasteiger partial charge is 0.173 e. The maximum Gasteiger partial charge on any atom is 0.173 e. The van der Waals surface area contributed by atoms with Gasteiger partial charge in [-0.05, 0) is 6.07 Å². The molecule has 0 N–H and O–H groups in total. The van der Waals surface area contributed by atoms with E-state index >= 15 is 0 Å². The van der Waals surface area contributed by atoms with Gasteiger partial charge in [0.15, 0.2) is 5.78 Å². The molecule has 0 amide bonds. The number of ether oxygens (including phenoxy) is 1. The first-order valence-electron chi connectivity index (χ1n) is 4.59. The van der Waals surface area contributed by atoms with Crippen molar-refractivity contribution in [1.82, 2.24) is 0 Å². The zero-order chi connectivity index (χ0) is 11.0. The molecule has 1 aliphatic rings. The third kappa shape index (κ3) is 1.52. The lowest BCUT2D eigenvalue weighted by Crippen LogP contribution is -2.16. The monoisotopic (exact) mass is 207 g/mol. The fourth-order valence-electron chi connectivity index (χ4n) is 1.55. The van der Waals surface area contributed by atoms with Crippen LogP contribution < -0.4 is 4.74 Å². The number of Topliss-reactive ketones (excluding diaryl/α,β-unsaturated/α-hetero) is 1. The highest BCUT2D eigenvalue weighted by Gasteiger charge is 2.24. The Balaban J connectivity index is 2.66. The Hall–Kier alpha value is -1.71. The van der Waals surface area contributed by atoms with Crippen molar-refractivity contribution in [3.05, 3.63) is 23.5 Å². The lowest BCUT2D eigenvalue weighted by atomic mass is 9.96. The van der Waals surface area contributed by atoms with Crippen LogP contribution in [0.3, 0.4) is 0 Å². The number of ketones is 1. The maximum atomic E-state index is 13.2. The van der Waals surface area contributed by atoms with Gasteiger partial charge in [-0.1, -0.05) is 6.92 Å². The van der Waals surface area contributed by atoms with E-state index < -0.39 is 5.82 Å². The summed E-state index contributed by atoms with van der Waals surface area (Å²) >= 11 is 0. The van der Waals surface area contributed by atoms with Crippen LogP contribution in [-0.4, -0.2) is 19.1 Å². The number of carbonyl (C=O) groups is 1. The molecule has 78 valence electrons. The molecule has 1 aromatic rings. The molecule has 1 aliphatic heterocycles. The van der Waals surface area contributed by atoms with Gasteiger partial charge in [-0.15, -0.1) is 0 Å². The first kappa shape index (κ1) is 9.83. The van der Waals surface area contributed by atoms with Gasteiger partial charge in [0, 0.05) is 12.3 Å². The molecule has 0 aromatic heterocycles. The molecule has 2 rings (SSSR count). The van der Waals surface area contributed by atoms with Gasteiger partial charge in [-0.3, -0.25) is 9.79 Å². The van der Waals surface area contributed by atoms with Crippen LogP contribution in [0.1, 0.15) is 17.3 Å². The average molecular weight is 207 g/mol. The summed E-state index contributed by atoms with van der Waals surface area (Å²) in [6.45, 7) is 1.73. The molecule has 1 aromatic carbocycles. The zero-order valence-electron chi connectivity index (χ0n) is 8.45. The van der Waals surface area contributed by atoms with Gasteiger partial charge in [0.2, 0.25) is 0 Å². The van der Waals surface area contributed by atoms with Crippen LogP contribution in [0.25, 0.3) is 0 Å². The van der Waals surface area contributed by atoms with Crippen LogP contribution in [0.4, 0.5) is 10.1 Å². The summed E-state index contributed by atoms with van der Waals surface area (Å²) in [7, 11) is 1.42. The second-order valence-electron chi connectivity index (χ2n) is 3.44. The highest BCUT2D eigenvalue weighted by Crippen LogP contribution is 2.36. The lowest BCUT2D eigenvalue weighted by Gasteiger charge is -2.16. The summed E-state index contributed by atoms with van der Waals surface area (Å²) in [5, 5.41) is 0. The third-order valence-corrected chi connectivity index (χ3v) is 2.37. The number of methoxy groups -OCH3 is 1. The normalized spacial score (nSPS) is 18.9. The van der Waals surface area contributed by atoms with E-state index in [1.807, 2.05) is 0 Å². The molecule has 15 heavy (non-hydrogen) atoms. The SMILES string of the molecule is COc1cc(F)cc2c1N=CC(C)C2=O. The highest BCUT2D eigenvalue weighted by atomic mass is 19.1. The first-order valence-corrected chi connectivity index (χ1v) is 4.59. The Kier molecular flexibility index (Phi) is 2.26. The number of nitrogens with zero attached hydrogens (tertiary/aromatic N) is 1. The number of halogens is 1. The van der Waals surface area contributed by atoms with Crippen molar-refractivity contribution in [2.24, 2.45) is 10.9 Å². The van der Waals surface area contributed by atoms with Gasteiger partial charge in [-0.25, -0.2) is 4.39 Å².